The van der Waals surface area contributed by atoms with Gasteiger partial charge in [0, 0.05) is 29.0 Å². The normalized spacial score (nSPS) is 15.7. The van der Waals surface area contributed by atoms with Crippen molar-refractivity contribution >= 4 is 27.3 Å². The highest BCUT2D eigenvalue weighted by Crippen LogP contribution is 2.26. The zero-order valence-corrected chi connectivity index (χ0v) is 12.2. The molecule has 18 heavy (non-hydrogen) atoms. The van der Waals surface area contributed by atoms with E-state index in [9.17, 15) is 4.39 Å². The third kappa shape index (κ3) is 2.51. The number of hydrogen-bond acceptors (Lipinski definition) is 2. The lowest BCUT2D eigenvalue weighted by molar-refractivity contribution is 0.247. The summed E-state index contributed by atoms with van der Waals surface area (Å²) in [6, 6.07) is 7.14. The highest BCUT2D eigenvalue weighted by atomic mass is 79.9. The predicted molar refractivity (Wildman–Crippen MR) is 76.2 cm³/mol. The van der Waals surface area contributed by atoms with Crippen LogP contribution in [0.4, 0.5) is 4.39 Å². The first-order valence-electron chi connectivity index (χ1n) is 5.94. The fourth-order valence-corrected chi connectivity index (χ4v) is 3.70. The second-order valence-electron chi connectivity index (χ2n) is 4.57. The molecule has 1 aliphatic heterocycles. The van der Waals surface area contributed by atoms with Gasteiger partial charge in [0.2, 0.25) is 0 Å². The van der Waals surface area contributed by atoms with Crippen molar-refractivity contribution in [2.45, 2.75) is 19.5 Å². The lowest BCUT2D eigenvalue weighted by Gasteiger charge is -2.27. The van der Waals surface area contributed by atoms with Crippen LogP contribution in [0.25, 0.3) is 0 Å². The molecule has 0 fully saturated rings. The first kappa shape index (κ1) is 12.3. The van der Waals surface area contributed by atoms with Gasteiger partial charge in [0.15, 0.2) is 0 Å². The number of rotatable bonds is 2. The van der Waals surface area contributed by atoms with E-state index in [1.54, 1.807) is 0 Å². The van der Waals surface area contributed by atoms with E-state index in [0.29, 0.717) is 0 Å². The van der Waals surface area contributed by atoms with Crippen LogP contribution < -0.4 is 0 Å². The summed E-state index contributed by atoms with van der Waals surface area (Å²) in [7, 11) is 0. The zero-order chi connectivity index (χ0) is 12.5. The molecule has 0 radical (unpaired) electrons. The van der Waals surface area contributed by atoms with Crippen molar-refractivity contribution in [2.24, 2.45) is 0 Å². The van der Waals surface area contributed by atoms with Crippen LogP contribution >= 0.6 is 27.3 Å². The van der Waals surface area contributed by atoms with Crippen molar-refractivity contribution in [3.8, 4) is 0 Å². The van der Waals surface area contributed by atoms with Crippen LogP contribution in [0.2, 0.25) is 0 Å². The molecule has 1 aliphatic rings. The summed E-state index contributed by atoms with van der Waals surface area (Å²) < 4.78 is 13.9. The van der Waals surface area contributed by atoms with Crippen molar-refractivity contribution < 1.29 is 4.39 Å². The summed E-state index contributed by atoms with van der Waals surface area (Å²) in [6.45, 7) is 2.95. The Hall–Kier alpha value is -0.710. The Morgan fingerprint density at radius 2 is 2.22 bits per heavy atom. The monoisotopic (exact) mass is 325 g/mol. The maximum absolute atomic E-state index is 13.0. The van der Waals surface area contributed by atoms with Crippen LogP contribution in [0.15, 0.2) is 34.1 Å². The second kappa shape index (κ2) is 5.11. The minimum absolute atomic E-state index is 0.190. The van der Waals surface area contributed by atoms with E-state index in [1.165, 1.54) is 22.6 Å². The highest BCUT2D eigenvalue weighted by molar-refractivity contribution is 9.10. The van der Waals surface area contributed by atoms with Crippen LogP contribution in [-0.4, -0.2) is 11.4 Å². The first-order valence-corrected chi connectivity index (χ1v) is 7.61. The summed E-state index contributed by atoms with van der Waals surface area (Å²) >= 11 is 5.29. The van der Waals surface area contributed by atoms with Crippen LogP contribution in [0, 0.1) is 5.82 Å². The fraction of sp³-hybridized carbons (Fsp3) is 0.286. The average molecular weight is 326 g/mol. The Labute approximate surface area is 118 Å². The number of fused-ring (bicyclic) bond motifs is 1. The molecule has 94 valence electrons. The van der Waals surface area contributed by atoms with Gasteiger partial charge in [-0.25, -0.2) is 4.39 Å². The van der Waals surface area contributed by atoms with E-state index in [-0.39, 0.29) is 5.82 Å². The van der Waals surface area contributed by atoms with Crippen LogP contribution in [0.1, 0.15) is 16.0 Å². The quantitative estimate of drug-likeness (QED) is 0.799. The van der Waals surface area contributed by atoms with Gasteiger partial charge in [-0.05, 0) is 41.1 Å². The number of thiophene rings is 1. The van der Waals surface area contributed by atoms with Crippen LogP contribution in [0.3, 0.4) is 0 Å². The molecule has 4 heteroatoms. The maximum Gasteiger partial charge on any atom is 0.124 e. The number of halogens is 2. The standard InChI is InChI=1S/C14H13BrFNS/c15-13-7-12(16)2-1-10(13)8-17-5-3-14-11(9-17)4-6-18-14/h1-2,4,6-7H,3,5,8-9H2. The largest absolute Gasteiger partial charge is 0.294 e. The summed E-state index contributed by atoms with van der Waals surface area (Å²) in [4.78, 5) is 3.93. The van der Waals surface area contributed by atoms with Gasteiger partial charge in [-0.1, -0.05) is 22.0 Å². The fourth-order valence-electron chi connectivity index (χ4n) is 2.33. The highest BCUT2D eigenvalue weighted by Gasteiger charge is 2.17. The van der Waals surface area contributed by atoms with Gasteiger partial charge in [0.25, 0.3) is 0 Å². The van der Waals surface area contributed by atoms with Crippen molar-refractivity contribution in [1.82, 2.24) is 4.90 Å². The number of benzene rings is 1. The Morgan fingerprint density at radius 1 is 1.33 bits per heavy atom. The molecule has 3 rings (SSSR count). The molecule has 1 aromatic heterocycles. The van der Waals surface area contributed by atoms with Gasteiger partial charge in [-0.2, -0.15) is 0 Å². The van der Waals surface area contributed by atoms with E-state index in [2.05, 4.69) is 32.3 Å². The minimum Gasteiger partial charge on any atom is -0.294 e. The Balaban J connectivity index is 1.74. The molecule has 0 saturated heterocycles. The summed E-state index contributed by atoms with van der Waals surface area (Å²) in [5.74, 6) is -0.190. The molecule has 0 atom stereocenters. The lowest BCUT2D eigenvalue weighted by Crippen LogP contribution is -2.29. The van der Waals surface area contributed by atoms with Gasteiger partial charge in [0.05, 0.1) is 0 Å². The van der Waals surface area contributed by atoms with Crippen LogP contribution in [-0.2, 0) is 19.5 Å². The SMILES string of the molecule is Fc1ccc(CN2CCc3sccc3C2)c(Br)c1. The lowest BCUT2D eigenvalue weighted by atomic mass is 10.1. The van der Waals surface area contributed by atoms with E-state index < -0.39 is 0 Å². The van der Waals surface area contributed by atoms with Crippen molar-refractivity contribution in [3.63, 3.8) is 0 Å². The molecule has 0 bridgehead atoms. The molecule has 0 amide bonds. The zero-order valence-electron chi connectivity index (χ0n) is 9.83. The topological polar surface area (TPSA) is 3.24 Å². The average Bonchev–Trinajstić information content (AvgIpc) is 2.80. The molecule has 0 unspecified atom stereocenters. The summed E-state index contributed by atoms with van der Waals surface area (Å²) in [6.07, 6.45) is 1.13. The molecule has 0 saturated carbocycles. The second-order valence-corrected chi connectivity index (χ2v) is 6.42. The molecule has 0 spiro atoms. The van der Waals surface area contributed by atoms with Gasteiger partial charge in [-0.3, -0.25) is 4.90 Å². The molecule has 0 aliphatic carbocycles. The van der Waals surface area contributed by atoms with Gasteiger partial charge in [-0.15, -0.1) is 11.3 Å². The molecule has 2 aromatic rings. The van der Waals surface area contributed by atoms with Gasteiger partial charge < -0.3 is 0 Å². The Kier molecular flexibility index (Phi) is 3.50. The molecule has 0 N–H and O–H groups in total. The van der Waals surface area contributed by atoms with E-state index in [1.807, 2.05) is 17.4 Å². The Bertz CT molecular complexity index is 567. The maximum atomic E-state index is 13.0. The summed E-state index contributed by atoms with van der Waals surface area (Å²) in [5, 5.41) is 2.17. The van der Waals surface area contributed by atoms with E-state index >= 15 is 0 Å². The third-order valence-electron chi connectivity index (χ3n) is 3.30. The van der Waals surface area contributed by atoms with E-state index in [4.69, 9.17) is 0 Å². The smallest absolute Gasteiger partial charge is 0.124 e. The molecular formula is C14H13BrFNS. The number of hydrogen-bond donors (Lipinski definition) is 0. The molecule has 2 heterocycles. The van der Waals surface area contributed by atoms with Crippen molar-refractivity contribution in [1.29, 1.82) is 0 Å². The summed E-state index contributed by atoms with van der Waals surface area (Å²) in [5.41, 5.74) is 2.60. The molecule has 1 aromatic carbocycles. The van der Waals surface area contributed by atoms with Crippen molar-refractivity contribution in [2.75, 3.05) is 6.54 Å². The van der Waals surface area contributed by atoms with Gasteiger partial charge in [0.1, 0.15) is 5.82 Å². The predicted octanol–water partition coefficient (Wildman–Crippen LogP) is 4.21. The number of nitrogens with zero attached hydrogens (tertiary/aromatic N) is 1. The first-order chi connectivity index (χ1) is 8.72. The molecular weight excluding hydrogens is 313 g/mol. The van der Waals surface area contributed by atoms with Gasteiger partial charge >= 0.3 is 0 Å². The third-order valence-corrected chi connectivity index (χ3v) is 5.06. The molecule has 1 nitrogen and oxygen atoms in total. The minimum atomic E-state index is -0.190. The van der Waals surface area contributed by atoms with E-state index in [0.717, 1.165) is 36.1 Å². The van der Waals surface area contributed by atoms with Crippen LogP contribution in [0.5, 0.6) is 0 Å². The van der Waals surface area contributed by atoms with Crippen molar-refractivity contribution in [3.05, 3.63) is 55.9 Å². The Morgan fingerprint density at radius 3 is 3.06 bits per heavy atom.